The van der Waals surface area contributed by atoms with E-state index in [4.69, 9.17) is 10.7 Å². The Morgan fingerprint density at radius 1 is 1.40 bits per heavy atom. The van der Waals surface area contributed by atoms with Gasteiger partial charge >= 0.3 is 0 Å². The highest BCUT2D eigenvalue weighted by Crippen LogP contribution is 2.27. The lowest BCUT2D eigenvalue weighted by Gasteiger charge is -2.31. The monoisotopic (exact) mass is 272 g/mol. The standard InChI is InChI=1S/C16H24N4/c1-16(2,10-18)11-20(3)15-13(9-17)8-12-6-4-5-7-14(12)19-15/h8H,4-7,10-11,18H2,1-3H3. The van der Waals surface area contributed by atoms with E-state index in [0.29, 0.717) is 12.1 Å². The van der Waals surface area contributed by atoms with Gasteiger partial charge in [0.15, 0.2) is 0 Å². The Morgan fingerprint density at radius 2 is 2.10 bits per heavy atom. The van der Waals surface area contributed by atoms with Crippen molar-refractivity contribution in [3.8, 4) is 6.07 Å². The summed E-state index contributed by atoms with van der Waals surface area (Å²) in [5.74, 6) is 0.801. The van der Waals surface area contributed by atoms with Gasteiger partial charge in [0, 0.05) is 19.3 Å². The molecule has 0 radical (unpaired) electrons. The normalized spacial score (nSPS) is 14.6. The Morgan fingerprint density at radius 3 is 2.75 bits per heavy atom. The molecule has 20 heavy (non-hydrogen) atoms. The molecule has 1 aliphatic rings. The molecule has 0 aromatic carbocycles. The van der Waals surface area contributed by atoms with E-state index >= 15 is 0 Å². The minimum absolute atomic E-state index is 0.0130. The molecule has 0 unspecified atom stereocenters. The largest absolute Gasteiger partial charge is 0.358 e. The molecule has 2 rings (SSSR count). The highest BCUT2D eigenvalue weighted by molar-refractivity contribution is 5.56. The van der Waals surface area contributed by atoms with Crippen LogP contribution in [-0.4, -0.2) is 25.1 Å². The number of aryl methyl sites for hydroxylation is 2. The zero-order chi connectivity index (χ0) is 14.8. The lowest BCUT2D eigenvalue weighted by atomic mass is 9.92. The Hall–Kier alpha value is -1.60. The predicted molar refractivity (Wildman–Crippen MR) is 81.7 cm³/mol. The van der Waals surface area contributed by atoms with E-state index in [1.54, 1.807) is 0 Å². The van der Waals surface area contributed by atoms with Crippen LogP contribution in [0.1, 0.15) is 43.5 Å². The third kappa shape index (κ3) is 3.10. The molecule has 0 aliphatic heterocycles. The molecule has 0 saturated carbocycles. The summed E-state index contributed by atoms with van der Waals surface area (Å²) < 4.78 is 0. The first kappa shape index (κ1) is 14.8. The molecule has 1 aromatic heterocycles. The van der Waals surface area contributed by atoms with Gasteiger partial charge in [-0.1, -0.05) is 13.8 Å². The van der Waals surface area contributed by atoms with Crippen LogP contribution in [0.4, 0.5) is 5.82 Å². The maximum Gasteiger partial charge on any atom is 0.146 e. The quantitative estimate of drug-likeness (QED) is 0.913. The number of aromatic nitrogens is 1. The predicted octanol–water partition coefficient (Wildman–Crippen LogP) is 2.25. The molecule has 1 aliphatic carbocycles. The van der Waals surface area contributed by atoms with Crippen molar-refractivity contribution in [2.75, 3.05) is 25.0 Å². The van der Waals surface area contributed by atoms with Crippen molar-refractivity contribution in [3.05, 3.63) is 22.9 Å². The van der Waals surface area contributed by atoms with E-state index in [9.17, 15) is 5.26 Å². The smallest absolute Gasteiger partial charge is 0.146 e. The van der Waals surface area contributed by atoms with Gasteiger partial charge in [0.25, 0.3) is 0 Å². The van der Waals surface area contributed by atoms with Crippen molar-refractivity contribution in [1.82, 2.24) is 4.98 Å². The summed E-state index contributed by atoms with van der Waals surface area (Å²) >= 11 is 0. The zero-order valence-corrected chi connectivity index (χ0v) is 12.7. The number of hydrogen-bond acceptors (Lipinski definition) is 4. The lowest BCUT2D eigenvalue weighted by Crippen LogP contribution is -2.37. The molecule has 0 bridgehead atoms. The van der Waals surface area contributed by atoms with Crippen LogP contribution in [0.15, 0.2) is 6.07 Å². The van der Waals surface area contributed by atoms with Crippen molar-refractivity contribution < 1.29 is 0 Å². The van der Waals surface area contributed by atoms with Crippen molar-refractivity contribution in [2.24, 2.45) is 11.1 Å². The number of nitrogens with zero attached hydrogens (tertiary/aromatic N) is 3. The molecule has 1 aromatic rings. The first-order valence-corrected chi connectivity index (χ1v) is 7.31. The van der Waals surface area contributed by atoms with Crippen molar-refractivity contribution in [2.45, 2.75) is 39.5 Å². The SMILES string of the molecule is CN(CC(C)(C)CN)c1nc2c(cc1C#N)CCCC2. The summed E-state index contributed by atoms with van der Waals surface area (Å²) in [5, 5.41) is 9.38. The number of nitrogens with two attached hydrogens (primary N) is 1. The Labute approximate surface area is 121 Å². The van der Waals surface area contributed by atoms with Crippen LogP contribution < -0.4 is 10.6 Å². The third-order valence-electron chi connectivity index (χ3n) is 3.98. The molecule has 108 valence electrons. The highest BCUT2D eigenvalue weighted by Gasteiger charge is 2.22. The molecular weight excluding hydrogens is 248 g/mol. The number of nitriles is 1. The van der Waals surface area contributed by atoms with Gasteiger partial charge in [0.1, 0.15) is 11.9 Å². The molecule has 1 heterocycles. The van der Waals surface area contributed by atoms with Crippen molar-refractivity contribution in [1.29, 1.82) is 5.26 Å². The first-order chi connectivity index (χ1) is 9.46. The molecular formula is C16H24N4. The summed E-state index contributed by atoms with van der Waals surface area (Å²) in [6.07, 6.45) is 4.48. The van der Waals surface area contributed by atoms with Crippen LogP contribution in [0.3, 0.4) is 0 Å². The molecule has 0 saturated heterocycles. The minimum atomic E-state index is 0.0130. The average molecular weight is 272 g/mol. The molecule has 4 nitrogen and oxygen atoms in total. The summed E-state index contributed by atoms with van der Waals surface area (Å²) in [7, 11) is 2.00. The summed E-state index contributed by atoms with van der Waals surface area (Å²) in [6.45, 7) is 5.68. The number of rotatable bonds is 4. The molecule has 0 amide bonds. The third-order valence-corrected chi connectivity index (χ3v) is 3.98. The maximum absolute atomic E-state index is 9.38. The van der Waals surface area contributed by atoms with Crippen LogP contribution in [-0.2, 0) is 12.8 Å². The molecule has 0 atom stereocenters. The van der Waals surface area contributed by atoms with Gasteiger partial charge in [-0.2, -0.15) is 5.26 Å². The Bertz CT molecular complexity index is 528. The zero-order valence-electron chi connectivity index (χ0n) is 12.7. The Kier molecular flexibility index (Phi) is 4.29. The van der Waals surface area contributed by atoms with Crippen molar-refractivity contribution >= 4 is 5.82 Å². The topological polar surface area (TPSA) is 65.9 Å². The van der Waals surface area contributed by atoms with Crippen LogP contribution in [0.25, 0.3) is 0 Å². The fourth-order valence-corrected chi connectivity index (χ4v) is 2.78. The van der Waals surface area contributed by atoms with Gasteiger partial charge in [-0.05, 0) is 49.3 Å². The number of anilines is 1. The van der Waals surface area contributed by atoms with E-state index in [-0.39, 0.29) is 5.41 Å². The fraction of sp³-hybridized carbons (Fsp3) is 0.625. The van der Waals surface area contributed by atoms with Crippen LogP contribution >= 0.6 is 0 Å². The van der Waals surface area contributed by atoms with Crippen LogP contribution in [0.5, 0.6) is 0 Å². The number of pyridine rings is 1. The van der Waals surface area contributed by atoms with Gasteiger partial charge in [0.05, 0.1) is 5.56 Å². The van der Waals surface area contributed by atoms with Gasteiger partial charge in [-0.15, -0.1) is 0 Å². The minimum Gasteiger partial charge on any atom is -0.358 e. The van der Waals surface area contributed by atoms with Gasteiger partial charge < -0.3 is 10.6 Å². The molecule has 4 heteroatoms. The second-order valence-corrected chi connectivity index (χ2v) is 6.51. The first-order valence-electron chi connectivity index (χ1n) is 7.31. The summed E-state index contributed by atoms with van der Waals surface area (Å²) in [5.41, 5.74) is 8.92. The maximum atomic E-state index is 9.38. The van der Waals surface area contributed by atoms with E-state index in [1.165, 1.54) is 24.1 Å². The van der Waals surface area contributed by atoms with Gasteiger partial charge in [-0.25, -0.2) is 4.98 Å². The molecule has 0 spiro atoms. The molecule has 2 N–H and O–H groups in total. The second kappa shape index (κ2) is 5.80. The summed E-state index contributed by atoms with van der Waals surface area (Å²) in [4.78, 5) is 6.83. The van der Waals surface area contributed by atoms with E-state index in [0.717, 1.165) is 25.2 Å². The fourth-order valence-electron chi connectivity index (χ4n) is 2.78. The van der Waals surface area contributed by atoms with E-state index < -0.39 is 0 Å². The number of hydrogen-bond donors (Lipinski definition) is 1. The van der Waals surface area contributed by atoms with Crippen molar-refractivity contribution in [3.63, 3.8) is 0 Å². The van der Waals surface area contributed by atoms with E-state index in [1.807, 2.05) is 13.1 Å². The molecule has 0 fully saturated rings. The summed E-state index contributed by atoms with van der Waals surface area (Å²) in [6, 6.07) is 4.33. The van der Waals surface area contributed by atoms with Gasteiger partial charge in [-0.3, -0.25) is 0 Å². The number of fused-ring (bicyclic) bond motifs is 1. The van der Waals surface area contributed by atoms with E-state index in [2.05, 4.69) is 24.8 Å². The van der Waals surface area contributed by atoms with Gasteiger partial charge in [0.2, 0.25) is 0 Å². The van der Waals surface area contributed by atoms with Crippen LogP contribution in [0, 0.1) is 16.7 Å². The van der Waals surface area contributed by atoms with Crippen LogP contribution in [0.2, 0.25) is 0 Å². The second-order valence-electron chi connectivity index (χ2n) is 6.51. The Balaban J connectivity index is 2.33. The highest BCUT2D eigenvalue weighted by atomic mass is 15.2. The lowest BCUT2D eigenvalue weighted by molar-refractivity contribution is 0.384. The average Bonchev–Trinajstić information content (AvgIpc) is 2.45.